The zero-order valence-electron chi connectivity index (χ0n) is 13.2. The summed E-state index contributed by atoms with van der Waals surface area (Å²) in [4.78, 5) is 4.18. The monoisotopic (exact) mass is 344 g/mol. The number of hydrogen-bond donors (Lipinski definition) is 1. The second kappa shape index (κ2) is 6.37. The molecule has 6 nitrogen and oxygen atoms in total. The number of hydrogen-bond acceptors (Lipinski definition) is 5. The quantitative estimate of drug-likeness (QED) is 0.766. The highest BCUT2D eigenvalue weighted by atomic mass is 32.2. The van der Waals surface area contributed by atoms with E-state index in [1.165, 1.54) is 19.2 Å². The van der Waals surface area contributed by atoms with Crippen molar-refractivity contribution >= 4 is 15.7 Å². The molecule has 0 unspecified atom stereocenters. The molecule has 24 heavy (non-hydrogen) atoms. The minimum atomic E-state index is -3.68. The Bertz CT molecular complexity index is 947. The van der Waals surface area contributed by atoms with Crippen molar-refractivity contribution in [3.05, 3.63) is 60.6 Å². The van der Waals surface area contributed by atoms with Gasteiger partial charge in [0.2, 0.25) is 0 Å². The van der Waals surface area contributed by atoms with E-state index in [0.29, 0.717) is 23.1 Å². The fraction of sp³-hybridized carbons (Fsp3) is 0.118. The van der Waals surface area contributed by atoms with Gasteiger partial charge in [-0.15, -0.1) is 0 Å². The highest BCUT2D eigenvalue weighted by Crippen LogP contribution is 2.24. The van der Waals surface area contributed by atoms with Crippen molar-refractivity contribution in [2.45, 2.75) is 11.8 Å². The minimum absolute atomic E-state index is 0.158. The van der Waals surface area contributed by atoms with Crippen LogP contribution in [0.2, 0.25) is 0 Å². The van der Waals surface area contributed by atoms with E-state index in [1.54, 1.807) is 49.5 Å². The van der Waals surface area contributed by atoms with E-state index in [4.69, 9.17) is 9.15 Å². The predicted octanol–water partition coefficient (Wildman–Crippen LogP) is 3.46. The fourth-order valence-electron chi connectivity index (χ4n) is 2.19. The first-order chi connectivity index (χ1) is 11.5. The Balaban J connectivity index is 1.84. The molecule has 0 radical (unpaired) electrons. The molecule has 0 aliphatic rings. The maximum Gasteiger partial charge on any atom is 0.261 e. The Morgan fingerprint density at radius 1 is 1.12 bits per heavy atom. The number of methoxy groups -OCH3 is 1. The van der Waals surface area contributed by atoms with E-state index >= 15 is 0 Å². The molecule has 0 saturated heterocycles. The number of nitrogens with zero attached hydrogens (tertiary/aromatic N) is 1. The van der Waals surface area contributed by atoms with Gasteiger partial charge in [0, 0.05) is 18.6 Å². The van der Waals surface area contributed by atoms with Crippen LogP contribution in [-0.4, -0.2) is 20.5 Å². The molecule has 0 fully saturated rings. The number of aryl methyl sites for hydroxylation is 1. The summed E-state index contributed by atoms with van der Waals surface area (Å²) in [5.41, 5.74) is 1.19. The summed E-state index contributed by atoms with van der Waals surface area (Å²) in [7, 11) is -2.16. The second-order valence-corrected chi connectivity index (χ2v) is 6.79. The fourth-order valence-corrected chi connectivity index (χ4v) is 3.24. The number of aromatic nitrogens is 1. The summed E-state index contributed by atoms with van der Waals surface area (Å²) in [6, 6.07) is 13.1. The Morgan fingerprint density at radius 2 is 1.88 bits per heavy atom. The molecule has 124 valence electrons. The van der Waals surface area contributed by atoms with Gasteiger partial charge in [0.1, 0.15) is 5.75 Å². The first-order valence-electron chi connectivity index (χ1n) is 7.18. The van der Waals surface area contributed by atoms with Gasteiger partial charge in [0.15, 0.2) is 11.7 Å². The molecular formula is C17H16N2O4S. The molecule has 0 spiro atoms. The Kier molecular flexibility index (Phi) is 4.26. The summed E-state index contributed by atoms with van der Waals surface area (Å²) in [5.74, 6) is 1.73. The highest BCUT2D eigenvalue weighted by Gasteiger charge is 2.15. The summed E-state index contributed by atoms with van der Waals surface area (Å²) in [5, 5.41) is 0. The molecule has 0 aliphatic carbocycles. The van der Waals surface area contributed by atoms with Crippen LogP contribution in [0, 0.1) is 6.92 Å². The third-order valence-corrected chi connectivity index (χ3v) is 4.79. The third kappa shape index (κ3) is 3.41. The zero-order valence-corrected chi connectivity index (χ0v) is 14.0. The molecule has 0 saturated carbocycles. The van der Waals surface area contributed by atoms with Gasteiger partial charge in [0.25, 0.3) is 10.0 Å². The van der Waals surface area contributed by atoms with Crippen LogP contribution in [-0.2, 0) is 10.0 Å². The van der Waals surface area contributed by atoms with Gasteiger partial charge in [-0.05, 0) is 36.4 Å². The Morgan fingerprint density at radius 3 is 2.50 bits per heavy atom. The van der Waals surface area contributed by atoms with E-state index in [1.807, 2.05) is 0 Å². The molecule has 0 bridgehead atoms. The zero-order chi connectivity index (χ0) is 17.2. The molecule has 0 aliphatic heterocycles. The Labute approximate surface area is 140 Å². The van der Waals surface area contributed by atoms with Crippen LogP contribution in [0.3, 0.4) is 0 Å². The van der Waals surface area contributed by atoms with Crippen molar-refractivity contribution < 1.29 is 17.6 Å². The number of sulfonamides is 1. The summed E-state index contributed by atoms with van der Waals surface area (Å²) in [6.07, 6.45) is 1.60. The number of rotatable bonds is 5. The lowest BCUT2D eigenvalue weighted by Crippen LogP contribution is -2.12. The van der Waals surface area contributed by atoms with Crippen LogP contribution in [0.15, 0.2) is 64.0 Å². The smallest absolute Gasteiger partial charge is 0.261 e. The van der Waals surface area contributed by atoms with E-state index in [0.717, 1.165) is 5.56 Å². The molecule has 7 heteroatoms. The lowest BCUT2D eigenvalue weighted by molar-refractivity contribution is 0.415. The molecule has 3 rings (SSSR count). The van der Waals surface area contributed by atoms with Crippen LogP contribution in [0.4, 0.5) is 5.69 Å². The number of anilines is 1. The molecule has 0 amide bonds. The number of oxazole rings is 1. The maximum atomic E-state index is 12.5. The van der Waals surface area contributed by atoms with Gasteiger partial charge in [-0.2, -0.15) is 0 Å². The standard InChI is InChI=1S/C17H16N2O4S/c1-12-18-11-17(23-12)13-6-8-16(9-7-13)24(20,21)19-14-4-3-5-15(10-14)22-2/h3-11,19H,1-2H3. The average molecular weight is 344 g/mol. The molecule has 1 aromatic heterocycles. The molecule has 0 atom stereocenters. The van der Waals surface area contributed by atoms with Crippen molar-refractivity contribution in [3.63, 3.8) is 0 Å². The van der Waals surface area contributed by atoms with E-state index in [9.17, 15) is 8.42 Å². The predicted molar refractivity (Wildman–Crippen MR) is 90.5 cm³/mol. The van der Waals surface area contributed by atoms with Gasteiger partial charge < -0.3 is 9.15 Å². The lowest BCUT2D eigenvalue weighted by atomic mass is 10.2. The van der Waals surface area contributed by atoms with E-state index in [2.05, 4.69) is 9.71 Å². The topological polar surface area (TPSA) is 81.4 Å². The second-order valence-electron chi connectivity index (χ2n) is 5.11. The molecule has 1 N–H and O–H groups in total. The van der Waals surface area contributed by atoms with Crippen LogP contribution < -0.4 is 9.46 Å². The average Bonchev–Trinajstić information content (AvgIpc) is 3.01. The summed E-state index contributed by atoms with van der Waals surface area (Å²) < 4.78 is 38.0. The van der Waals surface area contributed by atoms with Gasteiger partial charge >= 0.3 is 0 Å². The first kappa shape index (κ1) is 16.1. The maximum absolute atomic E-state index is 12.5. The lowest BCUT2D eigenvalue weighted by Gasteiger charge is -2.09. The first-order valence-corrected chi connectivity index (χ1v) is 8.66. The number of ether oxygens (including phenoxy) is 1. The van der Waals surface area contributed by atoms with E-state index in [-0.39, 0.29) is 4.90 Å². The van der Waals surface area contributed by atoms with Gasteiger partial charge in [-0.3, -0.25) is 4.72 Å². The normalized spacial score (nSPS) is 11.2. The van der Waals surface area contributed by atoms with Crippen LogP contribution in [0.5, 0.6) is 5.75 Å². The molecule has 1 heterocycles. The summed E-state index contributed by atoms with van der Waals surface area (Å²) in [6.45, 7) is 1.75. The Hall–Kier alpha value is -2.80. The van der Waals surface area contributed by atoms with Crippen molar-refractivity contribution in [3.8, 4) is 17.1 Å². The molecule has 2 aromatic carbocycles. The molecular weight excluding hydrogens is 328 g/mol. The van der Waals surface area contributed by atoms with Crippen LogP contribution in [0.25, 0.3) is 11.3 Å². The van der Waals surface area contributed by atoms with Crippen LogP contribution >= 0.6 is 0 Å². The van der Waals surface area contributed by atoms with Crippen molar-refractivity contribution in [1.82, 2.24) is 4.98 Å². The molecule has 3 aromatic rings. The SMILES string of the molecule is COc1cccc(NS(=O)(=O)c2ccc(-c3cnc(C)o3)cc2)c1. The number of benzene rings is 2. The summed E-state index contributed by atoms with van der Waals surface area (Å²) >= 11 is 0. The van der Waals surface area contributed by atoms with Crippen LogP contribution in [0.1, 0.15) is 5.89 Å². The van der Waals surface area contributed by atoms with Gasteiger partial charge in [-0.25, -0.2) is 13.4 Å². The number of nitrogens with one attached hydrogen (secondary N) is 1. The van der Waals surface area contributed by atoms with Gasteiger partial charge in [-0.1, -0.05) is 6.07 Å². The van der Waals surface area contributed by atoms with Crippen molar-refractivity contribution in [2.24, 2.45) is 0 Å². The third-order valence-electron chi connectivity index (χ3n) is 3.39. The minimum Gasteiger partial charge on any atom is -0.497 e. The van der Waals surface area contributed by atoms with Gasteiger partial charge in [0.05, 0.1) is 23.9 Å². The van der Waals surface area contributed by atoms with Crippen molar-refractivity contribution in [1.29, 1.82) is 0 Å². The van der Waals surface area contributed by atoms with Crippen molar-refractivity contribution in [2.75, 3.05) is 11.8 Å². The largest absolute Gasteiger partial charge is 0.497 e. The van der Waals surface area contributed by atoms with E-state index < -0.39 is 10.0 Å². The highest BCUT2D eigenvalue weighted by molar-refractivity contribution is 7.92.